The van der Waals surface area contributed by atoms with Crippen molar-refractivity contribution in [3.05, 3.63) is 127 Å². The molecular formula is C31H29N3. The molecule has 0 N–H and O–H groups in total. The molecule has 2 aromatic carbocycles. The lowest BCUT2D eigenvalue weighted by Gasteiger charge is -2.09. The van der Waals surface area contributed by atoms with Gasteiger partial charge in [0, 0.05) is 30.1 Å². The minimum Gasteiger partial charge on any atom is -0.264 e. The maximum atomic E-state index is 4.79. The highest BCUT2D eigenvalue weighted by Crippen LogP contribution is 2.25. The van der Waals surface area contributed by atoms with E-state index in [4.69, 9.17) is 9.97 Å². The molecule has 0 radical (unpaired) electrons. The second-order valence-corrected chi connectivity index (χ2v) is 8.05. The Morgan fingerprint density at radius 1 is 0.882 bits per heavy atom. The van der Waals surface area contributed by atoms with Crippen LogP contribution in [0.1, 0.15) is 36.8 Å². The van der Waals surface area contributed by atoms with Gasteiger partial charge in [0.1, 0.15) is 0 Å². The Morgan fingerprint density at radius 2 is 1.68 bits per heavy atom. The van der Waals surface area contributed by atoms with Crippen molar-refractivity contribution >= 4 is 11.6 Å². The van der Waals surface area contributed by atoms with Gasteiger partial charge in [-0.2, -0.15) is 0 Å². The fraction of sp³-hybridized carbons (Fsp3) is 0.129. The summed E-state index contributed by atoms with van der Waals surface area (Å²) in [5.41, 5.74) is 7.80. The van der Waals surface area contributed by atoms with E-state index in [0.29, 0.717) is 0 Å². The van der Waals surface area contributed by atoms with Crippen LogP contribution in [0.5, 0.6) is 0 Å². The highest BCUT2D eigenvalue weighted by Gasteiger charge is 2.07. The van der Waals surface area contributed by atoms with Crippen LogP contribution in [0.4, 0.5) is 0 Å². The molecule has 168 valence electrons. The summed E-state index contributed by atoms with van der Waals surface area (Å²) in [7, 11) is 0. The average molecular weight is 444 g/mol. The summed E-state index contributed by atoms with van der Waals surface area (Å²) in [5.74, 6) is 0.729. The third kappa shape index (κ3) is 6.02. The van der Waals surface area contributed by atoms with Gasteiger partial charge in [-0.05, 0) is 60.2 Å². The molecule has 4 aromatic rings. The van der Waals surface area contributed by atoms with E-state index in [9.17, 15) is 0 Å². The molecule has 2 heterocycles. The Morgan fingerprint density at radius 3 is 2.38 bits per heavy atom. The van der Waals surface area contributed by atoms with Crippen LogP contribution in [-0.4, -0.2) is 15.0 Å². The van der Waals surface area contributed by atoms with E-state index in [-0.39, 0.29) is 0 Å². The molecule has 0 atom stereocenters. The molecule has 0 spiro atoms. The molecule has 0 saturated carbocycles. The van der Waals surface area contributed by atoms with Gasteiger partial charge in [-0.1, -0.05) is 78.9 Å². The topological polar surface area (TPSA) is 38.7 Å². The molecule has 0 aliphatic carbocycles. The second kappa shape index (κ2) is 11.7. The third-order valence-corrected chi connectivity index (χ3v) is 5.61. The minimum absolute atomic E-state index is 0.729. The van der Waals surface area contributed by atoms with Crippen molar-refractivity contribution in [2.75, 3.05) is 0 Å². The number of pyridine rings is 1. The van der Waals surface area contributed by atoms with Gasteiger partial charge in [0.2, 0.25) is 0 Å². The highest BCUT2D eigenvalue weighted by atomic mass is 14.9. The van der Waals surface area contributed by atoms with Gasteiger partial charge in [-0.15, -0.1) is 6.58 Å². The largest absolute Gasteiger partial charge is 0.264 e. The Hall–Kier alpha value is -4.11. The first-order valence-electron chi connectivity index (χ1n) is 11.6. The highest BCUT2D eigenvalue weighted by molar-refractivity contribution is 5.69. The van der Waals surface area contributed by atoms with Gasteiger partial charge in [-0.25, -0.2) is 9.97 Å². The van der Waals surface area contributed by atoms with Crippen LogP contribution in [-0.2, 0) is 6.42 Å². The number of aromatic nitrogens is 3. The standard InChI is InChI=1S/C31H29N3/c1-3-5-11-25(24-12-7-6-8-13-24)19-20-29-22-30(34-31(33-29)10-4-2)27-17-15-26(16-18-27)28-14-9-21-32-23-28/h3-4,6-10,12-19,21-23H,1,5,11,20H2,2H3/b10-4+,25-19+. The van der Waals surface area contributed by atoms with Crippen LogP contribution >= 0.6 is 0 Å². The zero-order valence-corrected chi connectivity index (χ0v) is 19.6. The summed E-state index contributed by atoms with van der Waals surface area (Å²) >= 11 is 0. The fourth-order valence-electron chi connectivity index (χ4n) is 3.86. The maximum Gasteiger partial charge on any atom is 0.152 e. The Balaban J connectivity index is 1.64. The van der Waals surface area contributed by atoms with E-state index in [1.54, 1.807) is 6.20 Å². The first kappa shape index (κ1) is 23.1. The van der Waals surface area contributed by atoms with Crippen molar-refractivity contribution in [1.82, 2.24) is 15.0 Å². The van der Waals surface area contributed by atoms with Gasteiger partial charge in [0.05, 0.1) is 5.69 Å². The molecule has 0 saturated heterocycles. The van der Waals surface area contributed by atoms with E-state index in [0.717, 1.165) is 53.2 Å². The minimum atomic E-state index is 0.729. The lowest BCUT2D eigenvalue weighted by molar-refractivity contribution is 1.02. The molecule has 3 nitrogen and oxygen atoms in total. The molecule has 0 bridgehead atoms. The van der Waals surface area contributed by atoms with Crippen LogP contribution in [0.25, 0.3) is 34.0 Å². The average Bonchev–Trinajstić information content (AvgIpc) is 2.90. The van der Waals surface area contributed by atoms with E-state index >= 15 is 0 Å². The van der Waals surface area contributed by atoms with E-state index in [1.165, 1.54) is 11.1 Å². The Bertz CT molecular complexity index is 1270. The monoisotopic (exact) mass is 443 g/mol. The van der Waals surface area contributed by atoms with Crippen molar-refractivity contribution in [2.45, 2.75) is 26.2 Å². The van der Waals surface area contributed by atoms with E-state index < -0.39 is 0 Å². The van der Waals surface area contributed by atoms with Gasteiger partial charge < -0.3 is 0 Å². The quantitative estimate of drug-likeness (QED) is 0.247. The normalized spacial score (nSPS) is 11.6. The number of hydrogen-bond acceptors (Lipinski definition) is 3. The number of hydrogen-bond donors (Lipinski definition) is 0. The van der Waals surface area contributed by atoms with Gasteiger partial charge in [0.25, 0.3) is 0 Å². The maximum absolute atomic E-state index is 4.79. The molecule has 0 aliphatic heterocycles. The van der Waals surface area contributed by atoms with Crippen LogP contribution in [0.2, 0.25) is 0 Å². The predicted octanol–water partition coefficient (Wildman–Crippen LogP) is 7.83. The molecule has 0 unspecified atom stereocenters. The van der Waals surface area contributed by atoms with Crippen LogP contribution in [0, 0.1) is 0 Å². The van der Waals surface area contributed by atoms with Crippen molar-refractivity contribution in [2.24, 2.45) is 0 Å². The number of allylic oxidation sites excluding steroid dienone is 4. The summed E-state index contributed by atoms with van der Waals surface area (Å²) in [6, 6.07) is 25.1. The number of benzene rings is 2. The van der Waals surface area contributed by atoms with E-state index in [2.05, 4.69) is 78.3 Å². The fourth-order valence-corrected chi connectivity index (χ4v) is 3.86. The summed E-state index contributed by atoms with van der Waals surface area (Å²) in [6.45, 7) is 5.88. The smallest absolute Gasteiger partial charge is 0.152 e. The van der Waals surface area contributed by atoms with Crippen molar-refractivity contribution in [1.29, 1.82) is 0 Å². The summed E-state index contributed by atoms with van der Waals surface area (Å²) in [4.78, 5) is 13.8. The molecule has 4 rings (SSSR count). The molecule has 0 amide bonds. The third-order valence-electron chi connectivity index (χ3n) is 5.61. The van der Waals surface area contributed by atoms with Gasteiger partial charge >= 0.3 is 0 Å². The zero-order chi connectivity index (χ0) is 23.6. The van der Waals surface area contributed by atoms with E-state index in [1.807, 2.05) is 43.5 Å². The lowest BCUT2D eigenvalue weighted by atomic mass is 9.99. The first-order chi connectivity index (χ1) is 16.8. The zero-order valence-electron chi connectivity index (χ0n) is 19.6. The van der Waals surface area contributed by atoms with Crippen molar-refractivity contribution in [3.63, 3.8) is 0 Å². The molecule has 34 heavy (non-hydrogen) atoms. The number of rotatable bonds is 9. The van der Waals surface area contributed by atoms with Gasteiger partial charge in [-0.3, -0.25) is 4.98 Å². The molecule has 2 aromatic heterocycles. The molecule has 3 heteroatoms. The molecule has 0 fully saturated rings. The first-order valence-corrected chi connectivity index (χ1v) is 11.6. The Kier molecular flexibility index (Phi) is 7.91. The lowest BCUT2D eigenvalue weighted by Crippen LogP contribution is -1.98. The Labute approximate surface area is 202 Å². The summed E-state index contributed by atoms with van der Waals surface area (Å²) in [6.07, 6.45) is 14.5. The van der Waals surface area contributed by atoms with Crippen molar-refractivity contribution < 1.29 is 0 Å². The summed E-state index contributed by atoms with van der Waals surface area (Å²) in [5, 5.41) is 0. The molecular weight excluding hydrogens is 414 g/mol. The second-order valence-electron chi connectivity index (χ2n) is 8.05. The van der Waals surface area contributed by atoms with Crippen LogP contribution < -0.4 is 0 Å². The SMILES string of the molecule is C=CCC/C(=C\Cc1cc(-c2ccc(-c3cccnc3)cc2)nc(/C=C/C)n1)c1ccccc1. The van der Waals surface area contributed by atoms with Gasteiger partial charge in [0.15, 0.2) is 5.82 Å². The molecule has 0 aliphatic rings. The van der Waals surface area contributed by atoms with Crippen LogP contribution in [0.15, 0.2) is 110 Å². The van der Waals surface area contributed by atoms with Crippen molar-refractivity contribution in [3.8, 4) is 22.4 Å². The van der Waals surface area contributed by atoms with Crippen LogP contribution in [0.3, 0.4) is 0 Å². The predicted molar refractivity (Wildman–Crippen MR) is 143 cm³/mol. The summed E-state index contributed by atoms with van der Waals surface area (Å²) < 4.78 is 0. The number of nitrogens with zero attached hydrogens (tertiary/aromatic N) is 3.